The molecule has 0 bridgehead atoms. The molecule has 1 saturated heterocycles. The fourth-order valence-corrected chi connectivity index (χ4v) is 5.36. The molecule has 1 aromatic carbocycles. The van der Waals surface area contributed by atoms with Crippen LogP contribution in [0.15, 0.2) is 24.3 Å². The van der Waals surface area contributed by atoms with Crippen LogP contribution >= 0.6 is 0 Å². The van der Waals surface area contributed by atoms with Crippen LogP contribution in [0.1, 0.15) is 37.6 Å². The fraction of sp³-hybridized carbons (Fsp3) is 0.476. The van der Waals surface area contributed by atoms with Gasteiger partial charge in [0, 0.05) is 18.4 Å². The number of carbonyl (C=O) groups is 3. The second kappa shape index (κ2) is 5.37. The molecule has 0 N–H and O–H groups in total. The Morgan fingerprint density at radius 2 is 1.86 bits per heavy atom. The summed E-state index contributed by atoms with van der Waals surface area (Å²) in [4.78, 5) is 40.9. The van der Waals surface area contributed by atoms with Crippen LogP contribution in [0.5, 0.6) is 0 Å². The average Bonchev–Trinajstić information content (AvgIpc) is 3.55. The highest BCUT2D eigenvalue weighted by Crippen LogP contribution is 2.74. The van der Waals surface area contributed by atoms with Crippen molar-refractivity contribution >= 4 is 34.4 Å². The van der Waals surface area contributed by atoms with Crippen molar-refractivity contribution in [1.29, 1.82) is 0 Å². The smallest absolute Gasteiger partial charge is 0.342 e. The summed E-state index contributed by atoms with van der Waals surface area (Å²) in [5, 5.41) is 0.733. The number of ketones is 1. The second-order valence-electron chi connectivity index (χ2n) is 7.72. The highest BCUT2D eigenvalue weighted by Gasteiger charge is 2.86. The van der Waals surface area contributed by atoms with Crippen LogP contribution < -0.4 is 4.90 Å². The Morgan fingerprint density at radius 1 is 1.14 bits per heavy atom. The van der Waals surface area contributed by atoms with Crippen LogP contribution in [0.4, 0.5) is 5.82 Å². The molecule has 7 nitrogen and oxygen atoms in total. The van der Waals surface area contributed by atoms with Gasteiger partial charge in [-0.3, -0.25) is 4.79 Å². The van der Waals surface area contributed by atoms with Gasteiger partial charge in [0.15, 0.2) is 5.54 Å². The molecule has 2 aromatic rings. The van der Waals surface area contributed by atoms with Crippen LogP contribution in [0.3, 0.4) is 0 Å². The monoisotopic (exact) mass is 382 g/mol. The van der Waals surface area contributed by atoms with E-state index in [2.05, 4.69) is 4.90 Å². The van der Waals surface area contributed by atoms with Crippen LogP contribution in [-0.2, 0) is 24.6 Å². The lowest BCUT2D eigenvalue weighted by atomic mass is 9.89. The number of hydrogen-bond acceptors (Lipinski definition) is 6. The molecule has 2 aliphatic heterocycles. The number of hydrogen-bond donors (Lipinski definition) is 0. The van der Waals surface area contributed by atoms with E-state index in [0.29, 0.717) is 24.3 Å². The number of esters is 2. The quantitative estimate of drug-likeness (QED) is 0.583. The van der Waals surface area contributed by atoms with E-state index >= 15 is 0 Å². The minimum absolute atomic E-state index is 0.00540. The maximum absolute atomic E-state index is 13.2. The summed E-state index contributed by atoms with van der Waals surface area (Å²) >= 11 is 0. The van der Waals surface area contributed by atoms with Crippen LogP contribution in [0.2, 0.25) is 0 Å². The van der Waals surface area contributed by atoms with Gasteiger partial charge in [0.2, 0.25) is 0 Å². The van der Waals surface area contributed by atoms with E-state index < -0.39 is 22.9 Å². The molecule has 1 saturated carbocycles. The number of ether oxygens (including phenoxy) is 2. The van der Waals surface area contributed by atoms with Gasteiger partial charge in [-0.05, 0) is 26.8 Å². The van der Waals surface area contributed by atoms with E-state index in [9.17, 15) is 14.4 Å². The molecule has 2 fully saturated rings. The van der Waals surface area contributed by atoms with Crippen molar-refractivity contribution in [2.75, 3.05) is 24.7 Å². The summed E-state index contributed by atoms with van der Waals surface area (Å²) in [5.41, 5.74) is -0.665. The molecule has 0 spiro atoms. The van der Waals surface area contributed by atoms with Crippen molar-refractivity contribution < 1.29 is 23.9 Å². The third-order valence-corrected chi connectivity index (χ3v) is 6.55. The number of anilines is 1. The van der Waals surface area contributed by atoms with Crippen molar-refractivity contribution in [2.45, 2.75) is 38.8 Å². The Hall–Kier alpha value is -2.83. The largest absolute Gasteiger partial charge is 0.464 e. The van der Waals surface area contributed by atoms with Crippen molar-refractivity contribution in [3.63, 3.8) is 0 Å². The van der Waals surface area contributed by atoms with Gasteiger partial charge in [-0.1, -0.05) is 18.2 Å². The first-order chi connectivity index (χ1) is 13.5. The van der Waals surface area contributed by atoms with Crippen molar-refractivity contribution in [3.8, 4) is 0 Å². The van der Waals surface area contributed by atoms with E-state index in [1.54, 1.807) is 20.8 Å². The molecule has 7 heteroatoms. The van der Waals surface area contributed by atoms with Gasteiger partial charge < -0.3 is 18.9 Å². The Labute approximate surface area is 162 Å². The predicted molar refractivity (Wildman–Crippen MR) is 101 cm³/mol. The van der Waals surface area contributed by atoms with E-state index in [-0.39, 0.29) is 25.0 Å². The van der Waals surface area contributed by atoms with Gasteiger partial charge in [-0.25, -0.2) is 9.59 Å². The molecular weight excluding hydrogens is 360 g/mol. The average molecular weight is 382 g/mol. The van der Waals surface area contributed by atoms with Gasteiger partial charge in [0.05, 0.1) is 30.2 Å². The van der Waals surface area contributed by atoms with Crippen LogP contribution in [0, 0.1) is 5.41 Å². The van der Waals surface area contributed by atoms with E-state index in [1.807, 2.05) is 28.8 Å². The zero-order valence-corrected chi connectivity index (χ0v) is 16.2. The number of carbonyl (C=O) groups excluding carboxylic acids is 3. The lowest BCUT2D eigenvalue weighted by molar-refractivity contribution is -0.152. The summed E-state index contributed by atoms with van der Waals surface area (Å²) in [5.74, 6) is -0.136. The number of benzene rings is 1. The van der Waals surface area contributed by atoms with Gasteiger partial charge >= 0.3 is 11.9 Å². The fourth-order valence-electron chi connectivity index (χ4n) is 5.36. The van der Waals surface area contributed by atoms with Crippen LogP contribution in [0.25, 0.3) is 10.9 Å². The number of rotatable bonds is 5. The number of aromatic nitrogens is 1. The molecule has 1 aliphatic carbocycles. The molecule has 146 valence electrons. The maximum Gasteiger partial charge on any atom is 0.342 e. The highest BCUT2D eigenvalue weighted by molar-refractivity contribution is 6.14. The number of fused-ring (bicyclic) bond motifs is 8. The van der Waals surface area contributed by atoms with Gasteiger partial charge in [0.25, 0.3) is 0 Å². The Bertz CT molecular complexity index is 1060. The van der Waals surface area contributed by atoms with Crippen LogP contribution in [-0.4, -0.2) is 48.1 Å². The standard InChI is InChI=1S/C21H22N2O5/c1-4-27-18(25)16-13-8-6-7-9-14(13)23-17(16)22-10-15(22)20(12(3)24)11-21(20,23)19(26)28-5-2/h6-9,15H,4-5,10-11H2,1-3H3. The van der Waals surface area contributed by atoms with Gasteiger partial charge in [-0.2, -0.15) is 0 Å². The summed E-state index contributed by atoms with van der Waals surface area (Å²) in [6.45, 7) is 6.23. The molecule has 3 heterocycles. The maximum atomic E-state index is 13.2. The minimum Gasteiger partial charge on any atom is -0.464 e. The summed E-state index contributed by atoms with van der Waals surface area (Å²) in [6, 6.07) is 7.39. The summed E-state index contributed by atoms with van der Waals surface area (Å²) < 4.78 is 12.7. The van der Waals surface area contributed by atoms with E-state index in [4.69, 9.17) is 9.47 Å². The van der Waals surface area contributed by atoms with Crippen molar-refractivity contribution in [1.82, 2.24) is 4.57 Å². The number of nitrogens with zero attached hydrogens (tertiary/aromatic N) is 2. The highest BCUT2D eigenvalue weighted by atomic mass is 16.5. The first-order valence-electron chi connectivity index (χ1n) is 9.71. The first-order valence-corrected chi connectivity index (χ1v) is 9.71. The molecule has 3 aliphatic rings. The number of para-hydroxylation sites is 1. The van der Waals surface area contributed by atoms with Crippen molar-refractivity contribution in [2.24, 2.45) is 5.41 Å². The number of Topliss-reactive ketones (excluding diaryl/α,β-unsaturated/α-hetero) is 1. The third-order valence-electron chi connectivity index (χ3n) is 6.55. The lowest BCUT2D eigenvalue weighted by Crippen LogP contribution is -2.45. The molecule has 1 aromatic heterocycles. The molecule has 0 radical (unpaired) electrons. The molecule has 3 unspecified atom stereocenters. The molecular formula is C21H22N2O5. The molecule has 3 atom stereocenters. The Morgan fingerprint density at radius 3 is 2.54 bits per heavy atom. The minimum atomic E-state index is -1.09. The Balaban J connectivity index is 1.84. The second-order valence-corrected chi connectivity index (χ2v) is 7.72. The zero-order valence-electron chi connectivity index (χ0n) is 16.2. The first kappa shape index (κ1) is 17.3. The van der Waals surface area contributed by atoms with Crippen molar-refractivity contribution in [3.05, 3.63) is 29.8 Å². The normalized spacial score (nSPS) is 28.8. The zero-order chi connectivity index (χ0) is 19.8. The van der Waals surface area contributed by atoms with Gasteiger partial charge in [0.1, 0.15) is 17.2 Å². The van der Waals surface area contributed by atoms with Gasteiger partial charge in [-0.15, -0.1) is 0 Å². The predicted octanol–water partition coefficient (Wildman–Crippen LogP) is 2.26. The Kier molecular flexibility index (Phi) is 3.31. The summed E-state index contributed by atoms with van der Waals surface area (Å²) in [6.07, 6.45) is 0.406. The molecule has 28 heavy (non-hydrogen) atoms. The molecule has 0 amide bonds. The van der Waals surface area contributed by atoms with E-state index in [0.717, 1.165) is 10.9 Å². The third kappa shape index (κ3) is 1.73. The lowest BCUT2D eigenvalue weighted by Gasteiger charge is -2.31. The summed E-state index contributed by atoms with van der Waals surface area (Å²) in [7, 11) is 0. The topological polar surface area (TPSA) is 77.6 Å². The molecule has 5 rings (SSSR count). The van der Waals surface area contributed by atoms with E-state index in [1.165, 1.54) is 0 Å². The SMILES string of the molecule is CCOC(=O)c1c2n(c3ccccc13)C1(C(=O)OCC)CC1(C(C)=O)C1CN21.